The van der Waals surface area contributed by atoms with Gasteiger partial charge in [0.1, 0.15) is 23.7 Å². The van der Waals surface area contributed by atoms with Crippen molar-refractivity contribution in [2.24, 2.45) is 5.92 Å². The molecule has 2 N–H and O–H groups in total. The number of hydrogen-bond acceptors (Lipinski definition) is 7. The van der Waals surface area contributed by atoms with Crippen LogP contribution in [-0.2, 0) is 0 Å². The van der Waals surface area contributed by atoms with E-state index < -0.39 is 5.82 Å². The van der Waals surface area contributed by atoms with Crippen LogP contribution in [0.3, 0.4) is 0 Å². The van der Waals surface area contributed by atoms with Crippen LogP contribution in [0.15, 0.2) is 42.5 Å². The van der Waals surface area contributed by atoms with E-state index in [0.717, 1.165) is 49.7 Å². The molecule has 0 aliphatic carbocycles. The summed E-state index contributed by atoms with van der Waals surface area (Å²) < 4.78 is 22.9. The van der Waals surface area contributed by atoms with Gasteiger partial charge in [0.05, 0.1) is 5.02 Å². The van der Waals surface area contributed by atoms with Crippen LogP contribution in [0, 0.1) is 11.7 Å². The Kier molecular flexibility index (Phi) is 6.45. The van der Waals surface area contributed by atoms with E-state index in [1.165, 1.54) is 0 Å². The third-order valence-corrected chi connectivity index (χ3v) is 9.07. The molecule has 208 valence electrons. The number of ether oxygens (including phenoxy) is 1. The van der Waals surface area contributed by atoms with Crippen molar-refractivity contribution in [3.63, 3.8) is 0 Å². The summed E-state index contributed by atoms with van der Waals surface area (Å²) in [6.07, 6.45) is 3.27. The summed E-state index contributed by atoms with van der Waals surface area (Å²) in [4.78, 5) is 14.0. The fourth-order valence-electron chi connectivity index (χ4n) is 6.91. The van der Waals surface area contributed by atoms with Crippen molar-refractivity contribution in [1.82, 2.24) is 20.2 Å². The van der Waals surface area contributed by atoms with Gasteiger partial charge in [0, 0.05) is 48.7 Å². The third-order valence-electron chi connectivity index (χ3n) is 8.78. The number of nitrogens with one attached hydrogen (secondary N) is 1. The van der Waals surface area contributed by atoms with E-state index in [0.29, 0.717) is 41.4 Å². The zero-order chi connectivity index (χ0) is 27.5. The number of fused-ring (bicyclic) bond motifs is 4. The molecule has 3 aliphatic rings. The molecule has 3 fully saturated rings. The lowest BCUT2D eigenvalue weighted by atomic mass is 9.96. The molecule has 3 saturated heterocycles. The first kappa shape index (κ1) is 25.7. The minimum atomic E-state index is -0.545. The Bertz CT molecular complexity index is 1600. The highest BCUT2D eigenvalue weighted by Gasteiger charge is 2.35. The first-order valence-electron chi connectivity index (χ1n) is 14.1. The first-order chi connectivity index (χ1) is 19.3. The van der Waals surface area contributed by atoms with Gasteiger partial charge in [-0.2, -0.15) is 9.97 Å². The normalized spacial score (nSPS) is 24.9. The molecule has 7 nitrogen and oxygen atoms in total. The van der Waals surface area contributed by atoms with Crippen molar-refractivity contribution in [2.45, 2.75) is 44.3 Å². The molecule has 0 amide bonds. The second kappa shape index (κ2) is 10.0. The van der Waals surface area contributed by atoms with E-state index in [2.05, 4.69) is 34.1 Å². The standard InChI is InChI=1S/C31H33ClFN5O2/c1-17-9-21(37(2)13-17)16-40-31-35-29-25(30(36-31)38-14-19-7-8-20(15-38)34-19)12-26(32)27(28(29)33)24-11-22(39)10-18-5-3-4-6-23(18)24/h3-6,10-12,17,19-21,34,39H,7-9,13-16H2,1-2H3/t17-,19?,20?,21+/m1/s1. The van der Waals surface area contributed by atoms with Crippen molar-refractivity contribution in [1.29, 1.82) is 0 Å². The zero-order valence-electron chi connectivity index (χ0n) is 22.7. The number of likely N-dealkylation sites (tertiary alicyclic amines) is 1. The molecule has 40 heavy (non-hydrogen) atoms. The Labute approximate surface area is 237 Å². The molecule has 3 aromatic carbocycles. The Morgan fingerprint density at radius 3 is 2.60 bits per heavy atom. The van der Waals surface area contributed by atoms with Crippen molar-refractivity contribution < 1.29 is 14.2 Å². The number of likely N-dealkylation sites (N-methyl/N-ethyl adjacent to an activating group) is 1. The summed E-state index contributed by atoms with van der Waals surface area (Å²) in [5, 5.41) is 16.5. The maximum Gasteiger partial charge on any atom is 0.319 e. The van der Waals surface area contributed by atoms with Gasteiger partial charge in [-0.15, -0.1) is 0 Å². The zero-order valence-corrected chi connectivity index (χ0v) is 23.5. The molecule has 0 spiro atoms. The summed E-state index contributed by atoms with van der Waals surface area (Å²) >= 11 is 6.85. The number of piperazine rings is 1. The maximum atomic E-state index is 16.7. The van der Waals surface area contributed by atoms with E-state index in [9.17, 15) is 5.11 Å². The number of aromatic nitrogens is 2. The SMILES string of the molecule is C[C@@H]1C[C@@H](COc2nc(N3CC4CCC(C3)N4)c3cc(Cl)c(-c4cc(O)cc5ccccc45)c(F)c3n2)N(C)C1. The Morgan fingerprint density at radius 2 is 1.85 bits per heavy atom. The molecular formula is C31H33ClFN5O2. The fraction of sp³-hybridized carbons (Fsp3) is 0.419. The number of phenols is 1. The molecule has 9 heteroatoms. The van der Waals surface area contributed by atoms with Crippen LogP contribution >= 0.6 is 11.6 Å². The van der Waals surface area contributed by atoms with Crippen LogP contribution in [0.2, 0.25) is 5.02 Å². The van der Waals surface area contributed by atoms with Gasteiger partial charge in [-0.25, -0.2) is 4.39 Å². The molecule has 2 bridgehead atoms. The van der Waals surface area contributed by atoms with Crippen molar-refractivity contribution >= 4 is 39.1 Å². The molecule has 4 heterocycles. The van der Waals surface area contributed by atoms with Gasteiger partial charge in [0.2, 0.25) is 0 Å². The smallest absolute Gasteiger partial charge is 0.319 e. The van der Waals surface area contributed by atoms with E-state index >= 15 is 4.39 Å². The summed E-state index contributed by atoms with van der Waals surface area (Å²) in [5.41, 5.74) is 0.900. The quantitative estimate of drug-likeness (QED) is 0.328. The second-order valence-corrected chi connectivity index (χ2v) is 12.2. The van der Waals surface area contributed by atoms with Gasteiger partial charge < -0.3 is 20.1 Å². The minimum absolute atomic E-state index is 0.0443. The molecule has 0 saturated carbocycles. The van der Waals surface area contributed by atoms with Crippen LogP contribution in [-0.4, -0.2) is 71.4 Å². The number of nitrogens with zero attached hydrogens (tertiary/aromatic N) is 4. The maximum absolute atomic E-state index is 16.7. The van der Waals surface area contributed by atoms with Gasteiger partial charge in [-0.3, -0.25) is 4.90 Å². The number of benzene rings is 3. The molecule has 2 unspecified atom stereocenters. The summed E-state index contributed by atoms with van der Waals surface area (Å²) in [6.45, 7) is 5.27. The van der Waals surface area contributed by atoms with Crippen molar-refractivity contribution in [2.75, 3.05) is 38.2 Å². The molecule has 4 atom stereocenters. The Balaban J connectivity index is 1.37. The van der Waals surface area contributed by atoms with Crippen LogP contribution < -0.4 is 15.0 Å². The molecular weight excluding hydrogens is 529 g/mol. The van der Waals surface area contributed by atoms with E-state index in [4.69, 9.17) is 21.3 Å². The van der Waals surface area contributed by atoms with Crippen LogP contribution in [0.1, 0.15) is 26.2 Å². The molecule has 0 radical (unpaired) electrons. The third kappa shape index (κ3) is 4.52. The fourth-order valence-corrected chi connectivity index (χ4v) is 7.20. The predicted octanol–water partition coefficient (Wildman–Crippen LogP) is 5.61. The highest BCUT2D eigenvalue weighted by Crippen LogP contribution is 2.43. The van der Waals surface area contributed by atoms with E-state index in [1.807, 2.05) is 24.3 Å². The monoisotopic (exact) mass is 561 g/mol. The first-order valence-corrected chi connectivity index (χ1v) is 14.5. The minimum Gasteiger partial charge on any atom is -0.508 e. The van der Waals surface area contributed by atoms with Gasteiger partial charge in [-0.05, 0) is 66.8 Å². The molecule has 7 rings (SSSR count). The van der Waals surface area contributed by atoms with Gasteiger partial charge in [0.25, 0.3) is 0 Å². The van der Waals surface area contributed by atoms with Crippen molar-refractivity contribution in [3.05, 3.63) is 53.3 Å². The van der Waals surface area contributed by atoms with Gasteiger partial charge in [0.15, 0.2) is 5.82 Å². The van der Waals surface area contributed by atoms with E-state index in [1.54, 1.807) is 18.2 Å². The number of rotatable bonds is 5. The highest BCUT2D eigenvalue weighted by molar-refractivity contribution is 6.35. The molecule has 1 aromatic heterocycles. The Morgan fingerprint density at radius 1 is 1.07 bits per heavy atom. The average Bonchev–Trinajstić information content (AvgIpc) is 3.45. The van der Waals surface area contributed by atoms with Crippen molar-refractivity contribution in [3.8, 4) is 22.9 Å². The van der Waals surface area contributed by atoms with Crippen LogP contribution in [0.5, 0.6) is 11.8 Å². The van der Waals surface area contributed by atoms with Crippen LogP contribution in [0.25, 0.3) is 32.8 Å². The van der Waals surface area contributed by atoms with E-state index in [-0.39, 0.29) is 33.9 Å². The summed E-state index contributed by atoms with van der Waals surface area (Å²) in [7, 11) is 2.11. The second-order valence-electron chi connectivity index (χ2n) is 11.8. The number of aromatic hydroxyl groups is 1. The lowest BCUT2D eigenvalue weighted by Gasteiger charge is -2.34. The lowest BCUT2D eigenvalue weighted by Crippen LogP contribution is -2.51. The van der Waals surface area contributed by atoms with Crippen LogP contribution in [0.4, 0.5) is 10.2 Å². The van der Waals surface area contributed by atoms with Gasteiger partial charge in [-0.1, -0.05) is 42.8 Å². The Hall–Kier alpha value is -3.20. The summed E-state index contributed by atoms with van der Waals surface area (Å²) in [6, 6.07) is 13.7. The average molecular weight is 562 g/mol. The van der Waals surface area contributed by atoms with Gasteiger partial charge >= 0.3 is 6.01 Å². The predicted molar refractivity (Wildman–Crippen MR) is 157 cm³/mol. The number of anilines is 1. The summed E-state index contributed by atoms with van der Waals surface area (Å²) in [5.74, 6) is 0.751. The number of phenolic OH excluding ortho intramolecular Hbond substituents is 1. The molecule has 4 aromatic rings. The molecule has 3 aliphatic heterocycles. The number of halogens is 2. The number of hydrogen-bond donors (Lipinski definition) is 2. The largest absolute Gasteiger partial charge is 0.508 e. The lowest BCUT2D eigenvalue weighted by molar-refractivity contribution is 0.188. The topological polar surface area (TPSA) is 73.8 Å². The highest BCUT2D eigenvalue weighted by atomic mass is 35.5.